The molecular formula is C15H14ClNO3. The number of carbonyl (C=O) groups is 1. The van der Waals surface area contributed by atoms with E-state index in [-0.39, 0.29) is 18.3 Å². The molecule has 0 saturated carbocycles. The number of aryl methyl sites for hydroxylation is 1. The van der Waals surface area contributed by atoms with Gasteiger partial charge in [-0.2, -0.15) is 0 Å². The predicted molar refractivity (Wildman–Crippen MR) is 78.4 cm³/mol. The second kappa shape index (κ2) is 6.30. The van der Waals surface area contributed by atoms with E-state index in [2.05, 4.69) is 5.32 Å². The molecule has 0 aliphatic carbocycles. The molecule has 2 N–H and O–H groups in total. The Bertz CT molecular complexity index is 611. The summed E-state index contributed by atoms with van der Waals surface area (Å²) in [6.45, 7) is 1.71. The summed E-state index contributed by atoms with van der Waals surface area (Å²) in [4.78, 5) is 11.8. The van der Waals surface area contributed by atoms with Crippen LogP contribution >= 0.6 is 11.6 Å². The van der Waals surface area contributed by atoms with Crippen LogP contribution in [0.2, 0.25) is 5.02 Å². The summed E-state index contributed by atoms with van der Waals surface area (Å²) in [6.07, 6.45) is 0. The lowest BCUT2D eigenvalue weighted by Crippen LogP contribution is -2.20. The molecule has 2 aromatic carbocycles. The van der Waals surface area contributed by atoms with Gasteiger partial charge in [-0.15, -0.1) is 0 Å². The molecule has 1 amide bonds. The molecule has 0 atom stereocenters. The van der Waals surface area contributed by atoms with Crippen molar-refractivity contribution in [2.24, 2.45) is 0 Å². The molecule has 0 aliphatic heterocycles. The van der Waals surface area contributed by atoms with Gasteiger partial charge in [-0.25, -0.2) is 0 Å². The summed E-state index contributed by atoms with van der Waals surface area (Å²) in [5.74, 6) is 0.471. The maximum atomic E-state index is 11.8. The highest BCUT2D eigenvalue weighted by Gasteiger charge is 2.06. The summed E-state index contributed by atoms with van der Waals surface area (Å²) >= 11 is 5.76. The number of amides is 1. The lowest BCUT2D eigenvalue weighted by atomic mass is 10.2. The number of phenols is 1. The van der Waals surface area contributed by atoms with Gasteiger partial charge in [-0.3, -0.25) is 4.79 Å². The SMILES string of the molecule is Cc1cc(O)ccc1NC(=O)COc1ccc(Cl)cc1. The molecule has 0 radical (unpaired) electrons. The van der Waals surface area contributed by atoms with E-state index in [0.29, 0.717) is 16.5 Å². The average molecular weight is 292 g/mol. The normalized spacial score (nSPS) is 10.1. The van der Waals surface area contributed by atoms with Crippen molar-refractivity contribution in [1.82, 2.24) is 0 Å². The maximum Gasteiger partial charge on any atom is 0.262 e. The van der Waals surface area contributed by atoms with Crippen LogP contribution in [0.3, 0.4) is 0 Å². The minimum atomic E-state index is -0.270. The van der Waals surface area contributed by atoms with Gasteiger partial charge in [0.15, 0.2) is 6.61 Å². The molecule has 5 heteroatoms. The zero-order valence-electron chi connectivity index (χ0n) is 10.9. The van der Waals surface area contributed by atoms with Crippen molar-refractivity contribution in [2.75, 3.05) is 11.9 Å². The number of hydrogen-bond donors (Lipinski definition) is 2. The van der Waals surface area contributed by atoms with E-state index >= 15 is 0 Å². The second-order valence-electron chi connectivity index (χ2n) is 4.29. The van der Waals surface area contributed by atoms with Crippen molar-refractivity contribution in [1.29, 1.82) is 0 Å². The lowest BCUT2D eigenvalue weighted by Gasteiger charge is -2.10. The van der Waals surface area contributed by atoms with Gasteiger partial charge in [-0.05, 0) is 55.0 Å². The fourth-order valence-corrected chi connectivity index (χ4v) is 1.78. The van der Waals surface area contributed by atoms with Crippen LogP contribution in [0.5, 0.6) is 11.5 Å². The molecule has 20 heavy (non-hydrogen) atoms. The molecule has 0 bridgehead atoms. The molecule has 0 aromatic heterocycles. The molecule has 0 unspecified atom stereocenters. The monoisotopic (exact) mass is 291 g/mol. The van der Waals surface area contributed by atoms with E-state index < -0.39 is 0 Å². The first-order valence-corrected chi connectivity index (χ1v) is 6.40. The first-order chi connectivity index (χ1) is 9.54. The van der Waals surface area contributed by atoms with Gasteiger partial charge in [0, 0.05) is 10.7 Å². The Kier molecular flexibility index (Phi) is 4.48. The first kappa shape index (κ1) is 14.2. The number of hydrogen-bond acceptors (Lipinski definition) is 3. The Morgan fingerprint density at radius 3 is 2.60 bits per heavy atom. The lowest BCUT2D eigenvalue weighted by molar-refractivity contribution is -0.118. The largest absolute Gasteiger partial charge is 0.508 e. The minimum Gasteiger partial charge on any atom is -0.508 e. The Morgan fingerprint density at radius 2 is 1.95 bits per heavy atom. The predicted octanol–water partition coefficient (Wildman–Crippen LogP) is 3.37. The van der Waals surface area contributed by atoms with Crippen LogP contribution in [-0.4, -0.2) is 17.6 Å². The Hall–Kier alpha value is -2.20. The Balaban J connectivity index is 1.90. The number of phenolic OH excluding ortho intramolecular Hbond substituents is 1. The summed E-state index contributed by atoms with van der Waals surface area (Å²) in [5.41, 5.74) is 1.43. The van der Waals surface area contributed by atoms with Gasteiger partial charge < -0.3 is 15.2 Å². The summed E-state index contributed by atoms with van der Waals surface area (Å²) < 4.78 is 5.34. The van der Waals surface area contributed by atoms with Crippen LogP contribution in [0, 0.1) is 6.92 Å². The first-order valence-electron chi connectivity index (χ1n) is 6.02. The van der Waals surface area contributed by atoms with Gasteiger partial charge in [0.05, 0.1) is 0 Å². The van der Waals surface area contributed by atoms with E-state index in [0.717, 1.165) is 5.56 Å². The van der Waals surface area contributed by atoms with Crippen molar-refractivity contribution in [3.8, 4) is 11.5 Å². The maximum absolute atomic E-state index is 11.8. The van der Waals surface area contributed by atoms with Gasteiger partial charge >= 0.3 is 0 Å². The van der Waals surface area contributed by atoms with Gasteiger partial charge in [0.25, 0.3) is 5.91 Å². The smallest absolute Gasteiger partial charge is 0.262 e. The number of halogens is 1. The summed E-state index contributed by atoms with van der Waals surface area (Å²) in [7, 11) is 0. The molecule has 0 saturated heterocycles. The zero-order valence-corrected chi connectivity index (χ0v) is 11.6. The van der Waals surface area contributed by atoms with E-state index in [1.54, 1.807) is 43.3 Å². The van der Waals surface area contributed by atoms with Crippen molar-refractivity contribution in [2.45, 2.75) is 6.92 Å². The fraction of sp³-hybridized carbons (Fsp3) is 0.133. The third kappa shape index (κ3) is 3.90. The van der Waals surface area contributed by atoms with Crippen LogP contribution in [0.15, 0.2) is 42.5 Å². The van der Waals surface area contributed by atoms with Crippen LogP contribution < -0.4 is 10.1 Å². The fourth-order valence-electron chi connectivity index (χ4n) is 1.65. The van der Waals surface area contributed by atoms with E-state index in [1.165, 1.54) is 6.07 Å². The van der Waals surface area contributed by atoms with Crippen LogP contribution in [0.25, 0.3) is 0 Å². The van der Waals surface area contributed by atoms with Crippen molar-refractivity contribution < 1.29 is 14.6 Å². The van der Waals surface area contributed by atoms with Crippen LogP contribution in [0.4, 0.5) is 5.69 Å². The van der Waals surface area contributed by atoms with Crippen LogP contribution in [0.1, 0.15) is 5.56 Å². The molecule has 4 nitrogen and oxygen atoms in total. The number of ether oxygens (including phenoxy) is 1. The number of benzene rings is 2. The van der Waals surface area contributed by atoms with E-state index in [9.17, 15) is 9.90 Å². The zero-order chi connectivity index (χ0) is 14.5. The molecule has 0 spiro atoms. The Morgan fingerprint density at radius 1 is 1.25 bits per heavy atom. The minimum absolute atomic E-state index is 0.0953. The molecular weight excluding hydrogens is 278 g/mol. The third-order valence-electron chi connectivity index (χ3n) is 2.67. The van der Waals surface area contributed by atoms with Gasteiger partial charge in [0.1, 0.15) is 11.5 Å². The molecule has 0 aliphatic rings. The number of nitrogens with one attached hydrogen (secondary N) is 1. The summed E-state index contributed by atoms with van der Waals surface area (Å²) in [5, 5.41) is 12.6. The van der Waals surface area contributed by atoms with E-state index in [1.807, 2.05) is 0 Å². The molecule has 0 heterocycles. The molecule has 0 fully saturated rings. The highest BCUT2D eigenvalue weighted by Crippen LogP contribution is 2.20. The molecule has 104 valence electrons. The van der Waals surface area contributed by atoms with Crippen molar-refractivity contribution >= 4 is 23.2 Å². The van der Waals surface area contributed by atoms with Gasteiger partial charge in [-0.1, -0.05) is 11.6 Å². The summed E-state index contributed by atoms with van der Waals surface area (Å²) in [6, 6.07) is 11.5. The average Bonchev–Trinajstić information content (AvgIpc) is 2.41. The molecule has 2 rings (SSSR count). The highest BCUT2D eigenvalue weighted by atomic mass is 35.5. The molecule has 2 aromatic rings. The van der Waals surface area contributed by atoms with E-state index in [4.69, 9.17) is 16.3 Å². The van der Waals surface area contributed by atoms with Gasteiger partial charge in [0.2, 0.25) is 0 Å². The van der Waals surface area contributed by atoms with Crippen molar-refractivity contribution in [3.05, 3.63) is 53.1 Å². The van der Waals surface area contributed by atoms with Crippen LogP contribution in [-0.2, 0) is 4.79 Å². The number of carbonyl (C=O) groups excluding carboxylic acids is 1. The number of rotatable bonds is 4. The van der Waals surface area contributed by atoms with Crippen molar-refractivity contribution in [3.63, 3.8) is 0 Å². The quantitative estimate of drug-likeness (QED) is 0.849. The topological polar surface area (TPSA) is 58.6 Å². The highest BCUT2D eigenvalue weighted by molar-refractivity contribution is 6.30. The standard InChI is InChI=1S/C15H14ClNO3/c1-10-8-12(18)4-7-14(10)17-15(19)9-20-13-5-2-11(16)3-6-13/h2-8,18H,9H2,1H3,(H,17,19). The second-order valence-corrected chi connectivity index (χ2v) is 4.73. The Labute approximate surface area is 122 Å². The third-order valence-corrected chi connectivity index (χ3v) is 2.92. The number of anilines is 1. The number of aromatic hydroxyl groups is 1.